The number of carbonyl (C=O) groups is 3. The summed E-state index contributed by atoms with van der Waals surface area (Å²) in [7, 11) is 0. The van der Waals surface area contributed by atoms with Gasteiger partial charge in [-0.1, -0.05) is 30.3 Å². The zero-order valence-electron chi connectivity index (χ0n) is 11.5. The van der Waals surface area contributed by atoms with Crippen LogP contribution < -0.4 is 11.1 Å². The fraction of sp³-hybridized carbons (Fsp3) is 0.357. The number of aliphatic carboxylic acids is 1. The standard InChI is InChI=1S/C14H18N2O5/c15-11(13(18)19)7-4-8-12(17)16-14(20)21-9-10-5-2-1-3-6-10/h1-3,5-6,11H,4,7-9,15H2,(H,18,19)(H,16,17,20). The summed E-state index contributed by atoms with van der Waals surface area (Å²) in [6.07, 6.45) is -0.361. The van der Waals surface area contributed by atoms with Crippen LogP contribution in [0.5, 0.6) is 0 Å². The van der Waals surface area contributed by atoms with E-state index in [1.807, 2.05) is 18.2 Å². The van der Waals surface area contributed by atoms with Crippen molar-refractivity contribution in [3.63, 3.8) is 0 Å². The maximum atomic E-state index is 11.4. The van der Waals surface area contributed by atoms with Gasteiger partial charge >= 0.3 is 12.1 Å². The summed E-state index contributed by atoms with van der Waals surface area (Å²) in [5, 5.41) is 10.6. The van der Waals surface area contributed by atoms with E-state index < -0.39 is 24.0 Å². The van der Waals surface area contributed by atoms with Crippen LogP contribution in [0.4, 0.5) is 4.79 Å². The largest absolute Gasteiger partial charge is 0.480 e. The number of imide groups is 1. The molecular weight excluding hydrogens is 276 g/mol. The minimum atomic E-state index is -1.11. The van der Waals surface area contributed by atoms with Crippen molar-refractivity contribution >= 4 is 18.0 Å². The smallest absolute Gasteiger partial charge is 0.414 e. The van der Waals surface area contributed by atoms with Crippen LogP contribution in [0.25, 0.3) is 0 Å². The number of benzene rings is 1. The van der Waals surface area contributed by atoms with Crippen molar-refractivity contribution in [2.45, 2.75) is 31.9 Å². The number of nitrogens with two attached hydrogens (primary N) is 1. The highest BCUT2D eigenvalue weighted by Gasteiger charge is 2.13. The number of carbonyl (C=O) groups excluding carboxylic acids is 2. The molecule has 0 aliphatic carbocycles. The van der Waals surface area contributed by atoms with Gasteiger partial charge in [0.25, 0.3) is 0 Å². The Morgan fingerprint density at radius 3 is 2.52 bits per heavy atom. The zero-order valence-corrected chi connectivity index (χ0v) is 11.5. The second-order valence-electron chi connectivity index (χ2n) is 4.45. The van der Waals surface area contributed by atoms with Gasteiger partial charge in [0.05, 0.1) is 0 Å². The van der Waals surface area contributed by atoms with E-state index in [9.17, 15) is 14.4 Å². The zero-order chi connectivity index (χ0) is 15.7. The highest BCUT2D eigenvalue weighted by Crippen LogP contribution is 2.02. The number of hydrogen-bond acceptors (Lipinski definition) is 5. The first-order chi connectivity index (χ1) is 9.99. The molecule has 0 bridgehead atoms. The molecule has 0 aromatic heterocycles. The van der Waals surface area contributed by atoms with Crippen LogP contribution in [0.3, 0.4) is 0 Å². The van der Waals surface area contributed by atoms with Crippen LogP contribution in [-0.2, 0) is 20.9 Å². The van der Waals surface area contributed by atoms with E-state index in [1.54, 1.807) is 12.1 Å². The Morgan fingerprint density at radius 2 is 1.90 bits per heavy atom. The molecule has 7 heteroatoms. The highest BCUT2D eigenvalue weighted by atomic mass is 16.5. The third-order valence-electron chi connectivity index (χ3n) is 2.69. The number of hydrogen-bond donors (Lipinski definition) is 3. The molecule has 4 N–H and O–H groups in total. The molecule has 1 aromatic rings. The summed E-state index contributed by atoms with van der Waals surface area (Å²) >= 11 is 0. The van der Waals surface area contributed by atoms with Crippen molar-refractivity contribution < 1.29 is 24.2 Å². The average molecular weight is 294 g/mol. The van der Waals surface area contributed by atoms with Gasteiger partial charge in [0.2, 0.25) is 5.91 Å². The topological polar surface area (TPSA) is 119 Å². The first kappa shape index (κ1) is 16.6. The van der Waals surface area contributed by atoms with Crippen molar-refractivity contribution in [2.75, 3.05) is 0 Å². The van der Waals surface area contributed by atoms with Crippen LogP contribution in [0.15, 0.2) is 30.3 Å². The Bertz CT molecular complexity index is 489. The number of rotatable bonds is 7. The molecule has 1 unspecified atom stereocenters. The van der Waals surface area contributed by atoms with Gasteiger partial charge in [-0.2, -0.15) is 0 Å². The first-order valence-corrected chi connectivity index (χ1v) is 6.48. The Kier molecular flexibility index (Phi) is 6.90. The van der Waals surface area contributed by atoms with Crippen molar-refractivity contribution in [1.82, 2.24) is 5.32 Å². The summed E-state index contributed by atoms with van der Waals surface area (Å²) in [5.41, 5.74) is 6.11. The number of carboxylic acid groups (broad SMARTS) is 1. The van der Waals surface area contributed by atoms with Gasteiger partial charge in [0.1, 0.15) is 12.6 Å². The van der Waals surface area contributed by atoms with E-state index in [1.165, 1.54) is 0 Å². The predicted octanol–water partition coefficient (Wildman–Crippen LogP) is 1.02. The molecule has 2 amide bonds. The lowest BCUT2D eigenvalue weighted by Crippen LogP contribution is -2.32. The van der Waals surface area contributed by atoms with Gasteiger partial charge in [-0.15, -0.1) is 0 Å². The predicted molar refractivity (Wildman–Crippen MR) is 74.2 cm³/mol. The fourth-order valence-corrected chi connectivity index (χ4v) is 1.54. The fourth-order valence-electron chi connectivity index (χ4n) is 1.54. The van der Waals surface area contributed by atoms with E-state index in [4.69, 9.17) is 15.6 Å². The van der Waals surface area contributed by atoms with Crippen molar-refractivity contribution in [3.05, 3.63) is 35.9 Å². The van der Waals surface area contributed by atoms with Crippen molar-refractivity contribution in [1.29, 1.82) is 0 Å². The first-order valence-electron chi connectivity index (χ1n) is 6.48. The average Bonchev–Trinajstić information content (AvgIpc) is 2.46. The molecule has 0 radical (unpaired) electrons. The summed E-state index contributed by atoms with van der Waals surface area (Å²) < 4.78 is 4.87. The van der Waals surface area contributed by atoms with E-state index in [0.29, 0.717) is 0 Å². The maximum absolute atomic E-state index is 11.4. The molecule has 0 fully saturated rings. The van der Waals surface area contributed by atoms with Crippen molar-refractivity contribution in [3.8, 4) is 0 Å². The molecule has 0 saturated heterocycles. The van der Waals surface area contributed by atoms with E-state index in [0.717, 1.165) is 5.56 Å². The molecule has 1 rings (SSSR count). The number of amides is 2. The summed E-state index contributed by atoms with van der Waals surface area (Å²) in [6, 6.07) is 8.06. The minimum Gasteiger partial charge on any atom is -0.480 e. The van der Waals surface area contributed by atoms with Crippen molar-refractivity contribution in [2.24, 2.45) is 5.73 Å². The third kappa shape index (κ3) is 7.07. The van der Waals surface area contributed by atoms with E-state index in [-0.39, 0.29) is 25.9 Å². The molecule has 114 valence electrons. The number of carboxylic acids is 1. The number of ether oxygens (including phenoxy) is 1. The number of nitrogens with one attached hydrogen (secondary N) is 1. The maximum Gasteiger partial charge on any atom is 0.414 e. The van der Waals surface area contributed by atoms with Gasteiger partial charge in [0, 0.05) is 6.42 Å². The van der Waals surface area contributed by atoms with Crippen LogP contribution >= 0.6 is 0 Å². The molecule has 0 aliphatic rings. The lowest BCUT2D eigenvalue weighted by atomic mass is 10.1. The molecular formula is C14H18N2O5. The Balaban J connectivity index is 2.19. The summed E-state index contributed by atoms with van der Waals surface area (Å²) in [6.45, 7) is 0.0733. The van der Waals surface area contributed by atoms with E-state index in [2.05, 4.69) is 5.32 Å². The molecule has 21 heavy (non-hydrogen) atoms. The van der Waals surface area contributed by atoms with Gasteiger partial charge < -0.3 is 15.6 Å². The van der Waals surface area contributed by atoms with Crippen LogP contribution in [0, 0.1) is 0 Å². The molecule has 0 spiro atoms. The lowest BCUT2D eigenvalue weighted by molar-refractivity contribution is -0.138. The third-order valence-corrected chi connectivity index (χ3v) is 2.69. The Labute approximate surface area is 122 Å². The molecule has 0 aliphatic heterocycles. The Hall–Kier alpha value is -2.41. The Morgan fingerprint density at radius 1 is 1.24 bits per heavy atom. The second-order valence-corrected chi connectivity index (χ2v) is 4.45. The molecule has 1 aromatic carbocycles. The number of alkyl carbamates (subject to hydrolysis) is 1. The lowest BCUT2D eigenvalue weighted by Gasteiger charge is -2.07. The quantitative estimate of drug-likeness (QED) is 0.691. The monoisotopic (exact) mass is 294 g/mol. The van der Waals surface area contributed by atoms with Gasteiger partial charge in [-0.25, -0.2) is 4.79 Å². The van der Waals surface area contributed by atoms with Crippen LogP contribution in [-0.4, -0.2) is 29.1 Å². The second kappa shape index (κ2) is 8.70. The molecule has 0 saturated carbocycles. The van der Waals surface area contributed by atoms with E-state index >= 15 is 0 Å². The van der Waals surface area contributed by atoms with Crippen LogP contribution in [0.2, 0.25) is 0 Å². The minimum absolute atomic E-state index is 0.0153. The molecule has 7 nitrogen and oxygen atoms in total. The molecule has 0 heterocycles. The van der Waals surface area contributed by atoms with Crippen LogP contribution in [0.1, 0.15) is 24.8 Å². The normalized spacial score (nSPS) is 11.5. The molecule has 1 atom stereocenters. The summed E-state index contributed by atoms with van der Waals surface area (Å²) in [5.74, 6) is -1.64. The summed E-state index contributed by atoms with van der Waals surface area (Å²) in [4.78, 5) is 33.2. The van der Waals surface area contributed by atoms with Gasteiger partial charge in [-0.3, -0.25) is 14.9 Å². The van der Waals surface area contributed by atoms with Gasteiger partial charge in [0.15, 0.2) is 0 Å². The highest BCUT2D eigenvalue weighted by molar-refractivity contribution is 5.91. The van der Waals surface area contributed by atoms with Gasteiger partial charge in [-0.05, 0) is 18.4 Å². The SMILES string of the molecule is NC(CCCC(=O)NC(=O)OCc1ccccc1)C(=O)O.